The Morgan fingerprint density at radius 1 is 1.44 bits per heavy atom. The van der Waals surface area contributed by atoms with Crippen molar-refractivity contribution in [3.63, 3.8) is 0 Å². The first kappa shape index (κ1) is 12.9. The van der Waals surface area contributed by atoms with E-state index in [2.05, 4.69) is 19.2 Å². The van der Waals surface area contributed by atoms with Crippen LogP contribution in [-0.2, 0) is 0 Å². The molecular formula is C15H19FN2. The molecule has 1 fully saturated rings. The van der Waals surface area contributed by atoms with Crippen LogP contribution in [0.5, 0.6) is 0 Å². The third-order valence-corrected chi connectivity index (χ3v) is 4.19. The topological polar surface area (TPSA) is 35.8 Å². The first-order chi connectivity index (χ1) is 8.65. The van der Waals surface area contributed by atoms with Gasteiger partial charge in [0.25, 0.3) is 0 Å². The molecule has 0 spiro atoms. The predicted octanol–water partition coefficient (Wildman–Crippen LogP) is 3.93. The molecule has 0 saturated heterocycles. The summed E-state index contributed by atoms with van der Waals surface area (Å²) in [6.07, 6.45) is 3.50. The van der Waals surface area contributed by atoms with Gasteiger partial charge in [0.2, 0.25) is 0 Å². The molecule has 0 amide bonds. The van der Waals surface area contributed by atoms with Crippen LogP contribution in [0.4, 0.5) is 10.1 Å². The van der Waals surface area contributed by atoms with Crippen molar-refractivity contribution < 1.29 is 4.39 Å². The van der Waals surface area contributed by atoms with Crippen LogP contribution in [0.1, 0.15) is 38.7 Å². The molecule has 3 unspecified atom stereocenters. The number of rotatable bonds is 3. The predicted molar refractivity (Wildman–Crippen MR) is 70.7 cm³/mol. The van der Waals surface area contributed by atoms with Gasteiger partial charge in [-0.05, 0) is 42.9 Å². The Labute approximate surface area is 108 Å². The van der Waals surface area contributed by atoms with Gasteiger partial charge in [-0.2, -0.15) is 5.26 Å². The summed E-state index contributed by atoms with van der Waals surface area (Å²) in [6, 6.07) is 6.90. The molecule has 1 aromatic rings. The second-order valence-corrected chi connectivity index (χ2v) is 5.16. The van der Waals surface area contributed by atoms with Crippen LogP contribution in [0.25, 0.3) is 0 Å². The van der Waals surface area contributed by atoms with Crippen molar-refractivity contribution in [2.75, 3.05) is 5.32 Å². The summed E-state index contributed by atoms with van der Waals surface area (Å²) in [7, 11) is 0. The van der Waals surface area contributed by atoms with E-state index in [0.717, 1.165) is 12.3 Å². The number of halogens is 1. The number of nitriles is 1. The molecule has 0 radical (unpaired) electrons. The lowest BCUT2D eigenvalue weighted by atomic mass is 9.93. The van der Waals surface area contributed by atoms with Gasteiger partial charge in [0, 0.05) is 6.04 Å². The highest BCUT2D eigenvalue weighted by Gasteiger charge is 2.31. The van der Waals surface area contributed by atoms with E-state index in [1.807, 2.05) is 6.07 Å². The minimum Gasteiger partial charge on any atom is -0.380 e. The van der Waals surface area contributed by atoms with Gasteiger partial charge in [0.1, 0.15) is 5.82 Å². The minimum absolute atomic E-state index is 0.332. The maximum absolute atomic E-state index is 13.8. The molecule has 0 aromatic heterocycles. The molecule has 18 heavy (non-hydrogen) atoms. The number of nitrogens with one attached hydrogen (secondary N) is 1. The van der Waals surface area contributed by atoms with Gasteiger partial charge in [0.15, 0.2) is 0 Å². The zero-order chi connectivity index (χ0) is 13.1. The van der Waals surface area contributed by atoms with E-state index in [0.29, 0.717) is 23.2 Å². The zero-order valence-electron chi connectivity index (χ0n) is 10.9. The van der Waals surface area contributed by atoms with Crippen LogP contribution in [0.2, 0.25) is 0 Å². The average Bonchev–Trinajstić information content (AvgIpc) is 2.73. The van der Waals surface area contributed by atoms with E-state index in [9.17, 15) is 4.39 Å². The summed E-state index contributed by atoms with van der Waals surface area (Å²) in [4.78, 5) is 0. The van der Waals surface area contributed by atoms with Crippen LogP contribution in [-0.4, -0.2) is 6.04 Å². The quantitative estimate of drug-likeness (QED) is 0.877. The lowest BCUT2D eigenvalue weighted by molar-refractivity contribution is 0.391. The van der Waals surface area contributed by atoms with Gasteiger partial charge in [-0.3, -0.25) is 0 Å². The molecule has 0 aliphatic heterocycles. The largest absolute Gasteiger partial charge is 0.380 e. The second kappa shape index (κ2) is 5.39. The van der Waals surface area contributed by atoms with Crippen LogP contribution >= 0.6 is 0 Å². The third kappa shape index (κ3) is 2.48. The summed E-state index contributed by atoms with van der Waals surface area (Å²) in [5, 5.41) is 12.0. The van der Waals surface area contributed by atoms with Gasteiger partial charge in [0.05, 0.1) is 17.3 Å². The SMILES string of the molecule is CCC1CCC(Nc2ccc(C#N)cc2F)C1C. The highest BCUT2D eigenvalue weighted by Crippen LogP contribution is 2.36. The summed E-state index contributed by atoms with van der Waals surface area (Å²) < 4.78 is 13.8. The van der Waals surface area contributed by atoms with E-state index in [1.54, 1.807) is 12.1 Å². The fraction of sp³-hybridized carbons (Fsp3) is 0.533. The summed E-state index contributed by atoms with van der Waals surface area (Å²) in [5.74, 6) is 0.982. The van der Waals surface area contributed by atoms with Crippen LogP contribution < -0.4 is 5.32 Å². The fourth-order valence-electron chi connectivity index (χ4n) is 2.93. The Hall–Kier alpha value is -1.56. The average molecular weight is 246 g/mol. The summed E-state index contributed by atoms with van der Waals surface area (Å²) in [6.45, 7) is 4.45. The minimum atomic E-state index is -0.332. The third-order valence-electron chi connectivity index (χ3n) is 4.19. The molecule has 1 saturated carbocycles. The van der Waals surface area contributed by atoms with Crippen molar-refractivity contribution in [1.82, 2.24) is 0 Å². The smallest absolute Gasteiger partial charge is 0.147 e. The second-order valence-electron chi connectivity index (χ2n) is 5.16. The highest BCUT2D eigenvalue weighted by atomic mass is 19.1. The van der Waals surface area contributed by atoms with Crippen molar-refractivity contribution in [3.05, 3.63) is 29.6 Å². The zero-order valence-corrected chi connectivity index (χ0v) is 10.9. The first-order valence-electron chi connectivity index (χ1n) is 6.62. The molecule has 3 atom stereocenters. The molecule has 0 heterocycles. The van der Waals surface area contributed by atoms with Crippen molar-refractivity contribution in [1.29, 1.82) is 5.26 Å². The maximum atomic E-state index is 13.8. The Balaban J connectivity index is 2.09. The maximum Gasteiger partial charge on any atom is 0.147 e. The number of hydrogen-bond donors (Lipinski definition) is 1. The highest BCUT2D eigenvalue weighted by molar-refractivity contribution is 5.49. The van der Waals surface area contributed by atoms with E-state index >= 15 is 0 Å². The van der Waals surface area contributed by atoms with Crippen molar-refractivity contribution >= 4 is 5.69 Å². The van der Waals surface area contributed by atoms with Crippen LogP contribution in [0.3, 0.4) is 0 Å². The Morgan fingerprint density at radius 2 is 2.22 bits per heavy atom. The van der Waals surface area contributed by atoms with Gasteiger partial charge >= 0.3 is 0 Å². The van der Waals surface area contributed by atoms with Gasteiger partial charge in [-0.15, -0.1) is 0 Å². The van der Waals surface area contributed by atoms with E-state index in [1.165, 1.54) is 18.9 Å². The monoisotopic (exact) mass is 246 g/mol. The molecule has 96 valence electrons. The number of benzene rings is 1. The molecule has 1 aromatic carbocycles. The molecule has 2 rings (SSSR count). The normalized spacial score (nSPS) is 26.9. The molecular weight excluding hydrogens is 227 g/mol. The van der Waals surface area contributed by atoms with Gasteiger partial charge in [-0.1, -0.05) is 20.3 Å². The van der Waals surface area contributed by atoms with Crippen molar-refractivity contribution in [2.24, 2.45) is 11.8 Å². The molecule has 1 aliphatic rings. The first-order valence-corrected chi connectivity index (χ1v) is 6.62. The molecule has 2 nitrogen and oxygen atoms in total. The van der Waals surface area contributed by atoms with Crippen LogP contribution in [0.15, 0.2) is 18.2 Å². The van der Waals surface area contributed by atoms with E-state index < -0.39 is 0 Å². The molecule has 3 heteroatoms. The lowest BCUT2D eigenvalue weighted by Gasteiger charge is -2.22. The lowest BCUT2D eigenvalue weighted by Crippen LogP contribution is -2.25. The number of anilines is 1. The molecule has 1 N–H and O–H groups in total. The van der Waals surface area contributed by atoms with E-state index in [4.69, 9.17) is 5.26 Å². The Kier molecular flexibility index (Phi) is 3.86. The fourth-order valence-corrected chi connectivity index (χ4v) is 2.93. The van der Waals surface area contributed by atoms with Gasteiger partial charge < -0.3 is 5.32 Å². The number of nitrogens with zero attached hydrogens (tertiary/aromatic N) is 1. The van der Waals surface area contributed by atoms with Crippen molar-refractivity contribution in [2.45, 2.75) is 39.2 Å². The Morgan fingerprint density at radius 3 is 2.78 bits per heavy atom. The standard InChI is InChI=1S/C15H19FN2/c1-3-12-5-7-14(10(12)2)18-15-6-4-11(9-17)8-13(15)16/h4,6,8,10,12,14,18H,3,5,7H2,1-2H3. The van der Waals surface area contributed by atoms with Gasteiger partial charge in [-0.25, -0.2) is 4.39 Å². The van der Waals surface area contributed by atoms with Crippen LogP contribution in [0, 0.1) is 29.0 Å². The summed E-state index contributed by atoms with van der Waals surface area (Å²) >= 11 is 0. The summed E-state index contributed by atoms with van der Waals surface area (Å²) in [5.41, 5.74) is 0.881. The van der Waals surface area contributed by atoms with E-state index in [-0.39, 0.29) is 5.82 Å². The molecule has 1 aliphatic carbocycles. The molecule has 0 bridgehead atoms. The Bertz CT molecular complexity index is 464. The van der Waals surface area contributed by atoms with Crippen molar-refractivity contribution in [3.8, 4) is 6.07 Å². The number of hydrogen-bond acceptors (Lipinski definition) is 2.